The van der Waals surface area contributed by atoms with Gasteiger partial charge in [0.25, 0.3) is 0 Å². The van der Waals surface area contributed by atoms with Crippen molar-refractivity contribution in [1.29, 1.82) is 0 Å². The number of fused-ring (bicyclic) bond motifs is 1. The summed E-state index contributed by atoms with van der Waals surface area (Å²) in [6.45, 7) is 3.19. The molecular formula is C11H17N5S. The molecule has 5 nitrogen and oxygen atoms in total. The summed E-state index contributed by atoms with van der Waals surface area (Å²) in [4.78, 5) is 0.919. The number of hydrogen-bond donors (Lipinski definition) is 1. The SMILES string of the molecule is CCc1nnc2sc(C3CCCCCN3)nn12. The Labute approximate surface area is 104 Å². The molecule has 3 rings (SSSR count). The first-order valence-corrected chi connectivity index (χ1v) is 7.14. The van der Waals surface area contributed by atoms with E-state index in [2.05, 4.69) is 27.5 Å². The van der Waals surface area contributed by atoms with Gasteiger partial charge >= 0.3 is 0 Å². The Morgan fingerprint density at radius 1 is 1.35 bits per heavy atom. The molecule has 2 aromatic heterocycles. The van der Waals surface area contributed by atoms with Gasteiger partial charge in [-0.2, -0.15) is 9.61 Å². The summed E-state index contributed by atoms with van der Waals surface area (Å²) in [7, 11) is 0. The highest BCUT2D eigenvalue weighted by Crippen LogP contribution is 2.26. The van der Waals surface area contributed by atoms with Crippen LogP contribution in [0.1, 0.15) is 49.5 Å². The van der Waals surface area contributed by atoms with Gasteiger partial charge < -0.3 is 5.32 Å². The molecule has 1 aliphatic heterocycles. The van der Waals surface area contributed by atoms with Gasteiger partial charge in [-0.3, -0.25) is 0 Å². The van der Waals surface area contributed by atoms with Crippen LogP contribution in [0, 0.1) is 0 Å². The molecule has 1 atom stereocenters. The van der Waals surface area contributed by atoms with Crippen molar-refractivity contribution >= 4 is 16.3 Å². The Morgan fingerprint density at radius 2 is 2.29 bits per heavy atom. The van der Waals surface area contributed by atoms with Crippen LogP contribution in [0.25, 0.3) is 4.96 Å². The van der Waals surface area contributed by atoms with Gasteiger partial charge in [0.05, 0.1) is 6.04 Å². The molecule has 6 heteroatoms. The van der Waals surface area contributed by atoms with Gasteiger partial charge in [-0.15, -0.1) is 10.2 Å². The van der Waals surface area contributed by atoms with E-state index >= 15 is 0 Å². The van der Waals surface area contributed by atoms with Gasteiger partial charge in [-0.25, -0.2) is 0 Å². The summed E-state index contributed by atoms with van der Waals surface area (Å²) in [6.07, 6.45) is 5.96. The third kappa shape index (κ3) is 2.07. The summed E-state index contributed by atoms with van der Waals surface area (Å²) in [5.74, 6) is 0.955. The first-order valence-electron chi connectivity index (χ1n) is 6.33. The van der Waals surface area contributed by atoms with Gasteiger partial charge in [-0.1, -0.05) is 31.1 Å². The maximum absolute atomic E-state index is 4.66. The zero-order valence-electron chi connectivity index (χ0n) is 10.0. The molecule has 1 aliphatic rings. The van der Waals surface area contributed by atoms with E-state index in [1.807, 2.05) is 4.52 Å². The highest BCUT2D eigenvalue weighted by molar-refractivity contribution is 7.16. The number of nitrogens with one attached hydrogen (secondary N) is 1. The van der Waals surface area contributed by atoms with Gasteiger partial charge in [0, 0.05) is 6.42 Å². The Hall–Kier alpha value is -1.01. The van der Waals surface area contributed by atoms with E-state index in [4.69, 9.17) is 0 Å². The van der Waals surface area contributed by atoms with Crippen LogP contribution in [-0.4, -0.2) is 26.4 Å². The second-order valence-electron chi connectivity index (χ2n) is 4.46. The van der Waals surface area contributed by atoms with E-state index in [0.717, 1.165) is 28.8 Å². The van der Waals surface area contributed by atoms with Crippen molar-refractivity contribution in [2.75, 3.05) is 6.54 Å². The topological polar surface area (TPSA) is 55.1 Å². The molecule has 3 heterocycles. The summed E-state index contributed by atoms with van der Waals surface area (Å²) < 4.78 is 1.90. The first kappa shape index (κ1) is 11.1. The molecule has 0 spiro atoms. The highest BCUT2D eigenvalue weighted by Gasteiger charge is 2.19. The van der Waals surface area contributed by atoms with E-state index < -0.39 is 0 Å². The quantitative estimate of drug-likeness (QED) is 0.886. The van der Waals surface area contributed by atoms with Crippen LogP contribution in [0.15, 0.2) is 0 Å². The highest BCUT2D eigenvalue weighted by atomic mass is 32.1. The van der Waals surface area contributed by atoms with E-state index in [9.17, 15) is 0 Å². The smallest absolute Gasteiger partial charge is 0.234 e. The summed E-state index contributed by atoms with van der Waals surface area (Å²) in [6, 6.07) is 0.411. The molecule has 1 fully saturated rings. The Kier molecular flexibility index (Phi) is 3.07. The molecule has 1 saturated heterocycles. The second kappa shape index (κ2) is 4.70. The summed E-state index contributed by atoms with van der Waals surface area (Å²) in [5, 5.41) is 17.7. The predicted molar refractivity (Wildman–Crippen MR) is 67.2 cm³/mol. The summed E-state index contributed by atoms with van der Waals surface area (Å²) in [5.41, 5.74) is 0. The number of rotatable bonds is 2. The molecule has 0 bridgehead atoms. The zero-order valence-corrected chi connectivity index (χ0v) is 10.8. The van der Waals surface area contributed by atoms with Crippen LogP contribution in [0.3, 0.4) is 0 Å². The Bertz CT molecular complexity index is 495. The lowest BCUT2D eigenvalue weighted by atomic mass is 10.1. The molecule has 0 aromatic carbocycles. The minimum absolute atomic E-state index is 0.411. The van der Waals surface area contributed by atoms with E-state index in [-0.39, 0.29) is 0 Å². The van der Waals surface area contributed by atoms with Crippen molar-refractivity contribution in [2.45, 2.75) is 45.1 Å². The molecule has 1 N–H and O–H groups in total. The Balaban J connectivity index is 1.91. The average molecular weight is 251 g/mol. The van der Waals surface area contributed by atoms with Crippen LogP contribution in [0.2, 0.25) is 0 Å². The zero-order chi connectivity index (χ0) is 11.7. The fourth-order valence-electron chi connectivity index (χ4n) is 2.27. The molecule has 2 aromatic rings. The first-order chi connectivity index (χ1) is 8.38. The molecule has 0 aliphatic carbocycles. The monoisotopic (exact) mass is 251 g/mol. The number of nitrogens with zero attached hydrogens (tertiary/aromatic N) is 4. The standard InChI is InChI=1S/C11H17N5S/c1-2-9-13-14-11-16(9)15-10(17-11)8-6-4-3-5-7-12-8/h8,12H,2-7H2,1H3. The third-order valence-corrected chi connectivity index (χ3v) is 4.26. The lowest BCUT2D eigenvalue weighted by Crippen LogP contribution is -2.20. The molecule has 0 amide bonds. The maximum atomic E-state index is 4.66. The lowest BCUT2D eigenvalue weighted by molar-refractivity contribution is 0.525. The van der Waals surface area contributed by atoms with Crippen LogP contribution in [0.4, 0.5) is 0 Å². The van der Waals surface area contributed by atoms with Gasteiger partial charge in [0.1, 0.15) is 5.01 Å². The number of aryl methyl sites for hydroxylation is 1. The van der Waals surface area contributed by atoms with Gasteiger partial charge in [-0.05, 0) is 19.4 Å². The lowest BCUT2D eigenvalue weighted by Gasteiger charge is -2.11. The molecule has 17 heavy (non-hydrogen) atoms. The minimum atomic E-state index is 0.411. The van der Waals surface area contributed by atoms with Crippen molar-refractivity contribution in [3.05, 3.63) is 10.8 Å². The fourth-order valence-corrected chi connectivity index (χ4v) is 3.24. The molecule has 1 unspecified atom stereocenters. The van der Waals surface area contributed by atoms with E-state index in [1.54, 1.807) is 11.3 Å². The number of aromatic nitrogens is 4. The minimum Gasteiger partial charge on any atom is -0.308 e. The van der Waals surface area contributed by atoms with Gasteiger partial charge in [0.15, 0.2) is 5.82 Å². The van der Waals surface area contributed by atoms with E-state index in [0.29, 0.717) is 6.04 Å². The van der Waals surface area contributed by atoms with E-state index in [1.165, 1.54) is 25.7 Å². The average Bonchev–Trinajstić information content (AvgIpc) is 2.79. The Morgan fingerprint density at radius 3 is 3.18 bits per heavy atom. The van der Waals surface area contributed by atoms with Crippen molar-refractivity contribution in [3.63, 3.8) is 0 Å². The van der Waals surface area contributed by atoms with Crippen LogP contribution in [-0.2, 0) is 6.42 Å². The molecule has 0 radical (unpaired) electrons. The van der Waals surface area contributed by atoms with Gasteiger partial charge in [0.2, 0.25) is 4.96 Å². The largest absolute Gasteiger partial charge is 0.308 e. The van der Waals surface area contributed by atoms with Crippen molar-refractivity contribution < 1.29 is 0 Å². The third-order valence-electron chi connectivity index (χ3n) is 3.25. The maximum Gasteiger partial charge on any atom is 0.234 e. The van der Waals surface area contributed by atoms with Crippen LogP contribution >= 0.6 is 11.3 Å². The van der Waals surface area contributed by atoms with Crippen molar-refractivity contribution in [3.8, 4) is 0 Å². The second-order valence-corrected chi connectivity index (χ2v) is 5.45. The molecular weight excluding hydrogens is 234 g/mol. The molecule has 92 valence electrons. The van der Waals surface area contributed by atoms with Crippen LogP contribution < -0.4 is 5.32 Å². The molecule has 0 saturated carbocycles. The van der Waals surface area contributed by atoms with Crippen molar-refractivity contribution in [2.24, 2.45) is 0 Å². The van der Waals surface area contributed by atoms with Crippen molar-refractivity contribution in [1.82, 2.24) is 25.1 Å². The normalized spacial score (nSPS) is 21.8. The fraction of sp³-hybridized carbons (Fsp3) is 0.727. The van der Waals surface area contributed by atoms with Crippen LogP contribution in [0.5, 0.6) is 0 Å². The predicted octanol–water partition coefficient (Wildman–Crippen LogP) is 1.95. The number of hydrogen-bond acceptors (Lipinski definition) is 5. The summed E-state index contributed by atoms with van der Waals surface area (Å²) >= 11 is 1.66.